The number of rotatable bonds is 7. The van der Waals surface area contributed by atoms with Gasteiger partial charge in [-0.3, -0.25) is 0 Å². The maximum Gasteiger partial charge on any atom is 0.363 e. The Morgan fingerprint density at radius 2 is 1.97 bits per heavy atom. The molecule has 2 heterocycles. The summed E-state index contributed by atoms with van der Waals surface area (Å²) in [6.07, 6.45) is 3.07. The van der Waals surface area contributed by atoms with Gasteiger partial charge in [0, 0.05) is 0 Å². The van der Waals surface area contributed by atoms with Crippen LogP contribution in [0.3, 0.4) is 0 Å². The van der Waals surface area contributed by atoms with Gasteiger partial charge in [-0.05, 0) is 60.5 Å². The van der Waals surface area contributed by atoms with Crippen LogP contribution in [0.5, 0.6) is 11.5 Å². The van der Waals surface area contributed by atoms with E-state index >= 15 is 0 Å². The van der Waals surface area contributed by atoms with Crippen molar-refractivity contribution in [2.45, 2.75) is 13.5 Å². The van der Waals surface area contributed by atoms with Gasteiger partial charge < -0.3 is 18.6 Å². The van der Waals surface area contributed by atoms with E-state index in [1.807, 2.05) is 6.92 Å². The van der Waals surface area contributed by atoms with Crippen molar-refractivity contribution in [3.63, 3.8) is 0 Å². The molecule has 0 radical (unpaired) electrons. The number of carbonyl (C=O) groups excluding carboxylic acids is 1. The first-order valence-electron chi connectivity index (χ1n) is 9.33. The summed E-state index contributed by atoms with van der Waals surface area (Å²) in [5.74, 6) is 0.632. The van der Waals surface area contributed by atoms with Crippen molar-refractivity contribution in [2.75, 3.05) is 6.61 Å². The van der Waals surface area contributed by atoms with Crippen LogP contribution in [0.2, 0.25) is 0 Å². The third kappa shape index (κ3) is 4.41. The first-order valence-corrected chi connectivity index (χ1v) is 9.33. The molecule has 4 rings (SSSR count). The van der Waals surface area contributed by atoms with Crippen molar-refractivity contribution < 1.29 is 27.8 Å². The molecule has 1 aliphatic rings. The molecule has 0 N–H and O–H groups in total. The first kappa shape index (κ1) is 19.4. The number of aliphatic imine (C=N–C) groups is 1. The number of cyclic esters (lactones) is 1. The lowest BCUT2D eigenvalue weighted by molar-refractivity contribution is -0.130. The van der Waals surface area contributed by atoms with Crippen molar-refractivity contribution >= 4 is 17.9 Å². The highest BCUT2D eigenvalue weighted by atomic mass is 19.1. The second-order valence-corrected chi connectivity index (χ2v) is 6.37. The first-order chi connectivity index (χ1) is 14.6. The van der Waals surface area contributed by atoms with Crippen molar-refractivity contribution in [3.8, 4) is 11.5 Å². The summed E-state index contributed by atoms with van der Waals surface area (Å²) >= 11 is 0. The van der Waals surface area contributed by atoms with Crippen molar-refractivity contribution in [1.29, 1.82) is 0 Å². The molecule has 0 atom stereocenters. The maximum absolute atomic E-state index is 13.3. The molecule has 1 aromatic heterocycles. The Morgan fingerprint density at radius 3 is 2.73 bits per heavy atom. The Morgan fingerprint density at radius 1 is 1.07 bits per heavy atom. The molecule has 2 aromatic carbocycles. The van der Waals surface area contributed by atoms with Gasteiger partial charge in [-0.25, -0.2) is 14.2 Å². The Kier molecular flexibility index (Phi) is 5.61. The van der Waals surface area contributed by atoms with Crippen LogP contribution in [0.25, 0.3) is 6.08 Å². The molecule has 0 bridgehead atoms. The number of benzene rings is 2. The number of furan rings is 1. The summed E-state index contributed by atoms with van der Waals surface area (Å²) in [5, 5.41) is 0. The molecule has 0 unspecified atom stereocenters. The van der Waals surface area contributed by atoms with Crippen LogP contribution < -0.4 is 9.47 Å². The monoisotopic (exact) mass is 407 g/mol. The molecule has 6 nitrogen and oxygen atoms in total. The van der Waals surface area contributed by atoms with E-state index in [2.05, 4.69) is 4.99 Å². The third-order valence-corrected chi connectivity index (χ3v) is 4.21. The van der Waals surface area contributed by atoms with Crippen LogP contribution in [0.1, 0.15) is 23.8 Å². The van der Waals surface area contributed by atoms with Gasteiger partial charge in [0.1, 0.15) is 12.4 Å². The van der Waals surface area contributed by atoms with E-state index < -0.39 is 5.97 Å². The topological polar surface area (TPSA) is 70.3 Å². The van der Waals surface area contributed by atoms with E-state index in [-0.39, 0.29) is 24.0 Å². The van der Waals surface area contributed by atoms with Crippen molar-refractivity contribution in [1.82, 2.24) is 0 Å². The third-order valence-electron chi connectivity index (χ3n) is 4.21. The molecule has 0 aliphatic carbocycles. The van der Waals surface area contributed by atoms with Gasteiger partial charge >= 0.3 is 5.97 Å². The minimum atomic E-state index is -0.564. The molecule has 0 saturated carbocycles. The van der Waals surface area contributed by atoms with E-state index in [1.165, 1.54) is 18.4 Å². The Bertz CT molecular complexity index is 1120. The zero-order valence-electron chi connectivity index (χ0n) is 16.1. The number of esters is 1. The molecule has 30 heavy (non-hydrogen) atoms. The Labute approximate surface area is 172 Å². The van der Waals surface area contributed by atoms with Gasteiger partial charge in [0.25, 0.3) is 5.90 Å². The van der Waals surface area contributed by atoms with Gasteiger partial charge in [0.15, 0.2) is 23.0 Å². The summed E-state index contributed by atoms with van der Waals surface area (Å²) in [6.45, 7) is 2.48. The van der Waals surface area contributed by atoms with Gasteiger partial charge in [-0.1, -0.05) is 18.2 Å². The number of hydrogen-bond acceptors (Lipinski definition) is 6. The number of hydrogen-bond donors (Lipinski definition) is 0. The molecule has 0 amide bonds. The molecule has 1 aliphatic heterocycles. The highest BCUT2D eigenvalue weighted by Crippen LogP contribution is 2.31. The van der Waals surface area contributed by atoms with E-state index in [0.29, 0.717) is 35.0 Å². The Balaban J connectivity index is 1.55. The minimum Gasteiger partial charge on any atom is -0.490 e. The van der Waals surface area contributed by atoms with E-state index in [9.17, 15) is 9.18 Å². The second-order valence-electron chi connectivity index (χ2n) is 6.37. The van der Waals surface area contributed by atoms with Gasteiger partial charge in [0.2, 0.25) is 0 Å². The lowest BCUT2D eigenvalue weighted by Gasteiger charge is -2.13. The molecule has 0 spiro atoms. The largest absolute Gasteiger partial charge is 0.490 e. The predicted octanol–water partition coefficient (Wildman–Crippen LogP) is 4.74. The molecule has 152 valence electrons. The molecular weight excluding hydrogens is 389 g/mol. The van der Waals surface area contributed by atoms with E-state index in [1.54, 1.807) is 48.5 Å². The summed E-state index contributed by atoms with van der Waals surface area (Å²) in [7, 11) is 0. The van der Waals surface area contributed by atoms with Gasteiger partial charge in [0.05, 0.1) is 12.9 Å². The smallest absolute Gasteiger partial charge is 0.363 e. The highest BCUT2D eigenvalue weighted by molar-refractivity contribution is 6.11. The summed E-state index contributed by atoms with van der Waals surface area (Å²) in [4.78, 5) is 16.3. The fourth-order valence-corrected chi connectivity index (χ4v) is 2.86. The summed E-state index contributed by atoms with van der Waals surface area (Å²) < 4.78 is 35.2. The van der Waals surface area contributed by atoms with Crippen LogP contribution in [-0.4, -0.2) is 18.5 Å². The van der Waals surface area contributed by atoms with Crippen LogP contribution >= 0.6 is 0 Å². The number of ether oxygens (including phenoxy) is 3. The minimum absolute atomic E-state index is 0.122. The quantitative estimate of drug-likeness (QED) is 0.418. The molecule has 7 heteroatoms. The van der Waals surface area contributed by atoms with Crippen LogP contribution in [0.15, 0.2) is 76.0 Å². The second kappa shape index (κ2) is 8.65. The van der Waals surface area contributed by atoms with Gasteiger partial charge in [-0.2, -0.15) is 0 Å². The number of nitrogens with zero attached hydrogens (tertiary/aromatic N) is 1. The standard InChI is InChI=1S/C23H18FNO5/c1-2-27-21-13-15(8-9-19(21)29-14-16-5-3-6-17(24)11-16)12-18-23(26)30-22(25-18)20-7-4-10-28-20/h3-13H,2,14H2,1H3/b18-12-. The lowest BCUT2D eigenvalue weighted by atomic mass is 10.1. The zero-order chi connectivity index (χ0) is 20.9. The van der Waals surface area contributed by atoms with Crippen LogP contribution in [0.4, 0.5) is 4.39 Å². The highest BCUT2D eigenvalue weighted by Gasteiger charge is 2.25. The normalized spacial score (nSPS) is 14.5. The maximum atomic E-state index is 13.3. The van der Waals surface area contributed by atoms with Crippen LogP contribution in [-0.2, 0) is 16.1 Å². The molecule has 3 aromatic rings. The van der Waals surface area contributed by atoms with Crippen molar-refractivity contribution in [2.24, 2.45) is 4.99 Å². The fraction of sp³-hybridized carbons (Fsp3) is 0.130. The Hall–Kier alpha value is -3.87. The molecule has 0 fully saturated rings. The van der Waals surface area contributed by atoms with Crippen molar-refractivity contribution in [3.05, 3.63) is 89.3 Å². The van der Waals surface area contributed by atoms with E-state index in [4.69, 9.17) is 18.6 Å². The average Bonchev–Trinajstić information content (AvgIpc) is 3.38. The summed E-state index contributed by atoms with van der Waals surface area (Å²) in [5.41, 5.74) is 1.54. The molecule has 0 saturated heterocycles. The number of halogens is 1. The predicted molar refractivity (Wildman–Crippen MR) is 108 cm³/mol. The zero-order valence-corrected chi connectivity index (χ0v) is 16.1. The summed E-state index contributed by atoms with van der Waals surface area (Å²) in [6, 6.07) is 14.8. The number of carbonyl (C=O) groups is 1. The van der Waals surface area contributed by atoms with E-state index in [0.717, 1.165) is 0 Å². The van der Waals surface area contributed by atoms with Crippen LogP contribution in [0, 0.1) is 5.82 Å². The molecular formula is C23H18FNO5. The fourth-order valence-electron chi connectivity index (χ4n) is 2.86. The van der Waals surface area contributed by atoms with Gasteiger partial charge in [-0.15, -0.1) is 0 Å². The SMILES string of the molecule is CCOc1cc(/C=C2\N=C(c3ccco3)OC2=O)ccc1OCc1cccc(F)c1. The average molecular weight is 407 g/mol. The lowest BCUT2D eigenvalue weighted by Crippen LogP contribution is -2.04.